The molecule has 3 rings (SSSR count). The van der Waals surface area contributed by atoms with E-state index in [0.717, 1.165) is 33.1 Å². The van der Waals surface area contributed by atoms with E-state index < -0.39 is 0 Å². The zero-order chi connectivity index (χ0) is 14.1. The summed E-state index contributed by atoms with van der Waals surface area (Å²) in [5, 5.41) is 4.78. The lowest BCUT2D eigenvalue weighted by molar-refractivity contribution is 0.433. The number of anilines is 1. The van der Waals surface area contributed by atoms with Gasteiger partial charge in [0.05, 0.1) is 9.88 Å². The number of aryl methyl sites for hydroxylation is 2. The van der Waals surface area contributed by atoms with Crippen LogP contribution in [0.1, 0.15) is 18.1 Å². The first-order chi connectivity index (χ1) is 9.69. The number of hydrogen-bond donors (Lipinski definition) is 1. The van der Waals surface area contributed by atoms with Gasteiger partial charge in [0.2, 0.25) is 5.82 Å². The van der Waals surface area contributed by atoms with Gasteiger partial charge in [-0.15, -0.1) is 11.3 Å². The average molecular weight is 286 g/mol. The zero-order valence-electron chi connectivity index (χ0n) is 11.3. The van der Waals surface area contributed by atoms with Crippen LogP contribution in [0.2, 0.25) is 0 Å². The lowest BCUT2D eigenvalue weighted by Crippen LogP contribution is -1.92. The molecule has 0 fully saturated rings. The zero-order valence-corrected chi connectivity index (χ0v) is 12.1. The fourth-order valence-electron chi connectivity index (χ4n) is 2.06. The van der Waals surface area contributed by atoms with Crippen LogP contribution in [0.4, 0.5) is 5.00 Å². The number of nitrogens with two attached hydrogens (primary N) is 1. The van der Waals surface area contributed by atoms with Gasteiger partial charge in [-0.1, -0.05) is 18.1 Å². The summed E-state index contributed by atoms with van der Waals surface area (Å²) < 4.78 is 5.35. The molecule has 0 unspecified atom stereocenters. The summed E-state index contributed by atoms with van der Waals surface area (Å²) in [5.41, 5.74) is 8.71. The van der Waals surface area contributed by atoms with Gasteiger partial charge in [-0.05, 0) is 36.6 Å². The van der Waals surface area contributed by atoms with Gasteiger partial charge in [0.25, 0.3) is 5.89 Å². The third-order valence-corrected chi connectivity index (χ3v) is 4.10. The SMILES string of the molecule is CCc1cccnc1-c1noc(-c2sc(N)cc2C)n1. The third-order valence-electron chi connectivity index (χ3n) is 3.04. The average Bonchev–Trinajstić information content (AvgIpc) is 3.05. The van der Waals surface area contributed by atoms with Crippen LogP contribution in [0.5, 0.6) is 0 Å². The molecule has 6 heteroatoms. The van der Waals surface area contributed by atoms with E-state index in [2.05, 4.69) is 22.0 Å². The van der Waals surface area contributed by atoms with E-state index in [0.29, 0.717) is 11.7 Å². The van der Waals surface area contributed by atoms with Crippen molar-refractivity contribution in [1.29, 1.82) is 0 Å². The monoisotopic (exact) mass is 286 g/mol. The molecule has 0 saturated heterocycles. The van der Waals surface area contributed by atoms with Gasteiger partial charge in [-0.3, -0.25) is 4.98 Å². The van der Waals surface area contributed by atoms with Gasteiger partial charge in [0, 0.05) is 6.20 Å². The summed E-state index contributed by atoms with van der Waals surface area (Å²) in [4.78, 5) is 9.71. The van der Waals surface area contributed by atoms with Crippen LogP contribution < -0.4 is 5.73 Å². The van der Waals surface area contributed by atoms with Crippen molar-refractivity contribution in [1.82, 2.24) is 15.1 Å². The smallest absolute Gasteiger partial charge is 0.268 e. The molecule has 0 radical (unpaired) electrons. The summed E-state index contributed by atoms with van der Waals surface area (Å²) in [6, 6.07) is 5.84. The van der Waals surface area contributed by atoms with Crippen molar-refractivity contribution in [2.24, 2.45) is 0 Å². The van der Waals surface area contributed by atoms with Crippen LogP contribution in [0.25, 0.3) is 22.3 Å². The molecule has 3 aromatic heterocycles. The van der Waals surface area contributed by atoms with Crippen molar-refractivity contribution in [3.63, 3.8) is 0 Å². The van der Waals surface area contributed by atoms with Gasteiger partial charge in [0.1, 0.15) is 5.69 Å². The predicted octanol–water partition coefficient (Wildman–Crippen LogP) is 3.31. The van der Waals surface area contributed by atoms with Crippen molar-refractivity contribution in [3.8, 4) is 22.3 Å². The lowest BCUT2D eigenvalue weighted by Gasteiger charge is -2.00. The second-order valence-electron chi connectivity index (χ2n) is 4.45. The number of nitrogen functional groups attached to an aromatic ring is 1. The molecule has 3 heterocycles. The minimum absolute atomic E-state index is 0.493. The van der Waals surface area contributed by atoms with E-state index in [1.165, 1.54) is 11.3 Å². The predicted molar refractivity (Wildman–Crippen MR) is 79.4 cm³/mol. The molecule has 5 nitrogen and oxygen atoms in total. The fourth-order valence-corrected chi connectivity index (χ4v) is 2.92. The molecule has 0 aliphatic rings. The molecule has 0 bridgehead atoms. The Kier molecular flexibility index (Phi) is 3.23. The van der Waals surface area contributed by atoms with Gasteiger partial charge in [-0.2, -0.15) is 4.98 Å². The van der Waals surface area contributed by atoms with Crippen LogP contribution in [-0.2, 0) is 6.42 Å². The molecular formula is C14H14N4OS. The van der Waals surface area contributed by atoms with Crippen molar-refractivity contribution >= 4 is 16.3 Å². The van der Waals surface area contributed by atoms with E-state index in [9.17, 15) is 0 Å². The quantitative estimate of drug-likeness (QED) is 0.799. The number of rotatable bonds is 3. The highest BCUT2D eigenvalue weighted by molar-refractivity contribution is 7.19. The van der Waals surface area contributed by atoms with Crippen LogP contribution in [0, 0.1) is 6.92 Å². The Bertz CT molecular complexity index is 747. The maximum Gasteiger partial charge on any atom is 0.268 e. The molecule has 0 saturated carbocycles. The van der Waals surface area contributed by atoms with Gasteiger partial charge < -0.3 is 10.3 Å². The Balaban J connectivity index is 2.04. The normalized spacial score (nSPS) is 10.9. The van der Waals surface area contributed by atoms with E-state index in [-0.39, 0.29) is 0 Å². The maximum absolute atomic E-state index is 5.80. The Morgan fingerprint density at radius 2 is 2.25 bits per heavy atom. The summed E-state index contributed by atoms with van der Waals surface area (Å²) in [6.07, 6.45) is 2.61. The van der Waals surface area contributed by atoms with Crippen LogP contribution >= 0.6 is 11.3 Å². The summed E-state index contributed by atoms with van der Waals surface area (Å²) in [6.45, 7) is 4.05. The van der Waals surface area contributed by atoms with Gasteiger partial charge >= 0.3 is 0 Å². The largest absolute Gasteiger partial charge is 0.391 e. The topological polar surface area (TPSA) is 77.8 Å². The molecule has 3 aromatic rings. The van der Waals surface area contributed by atoms with Crippen LogP contribution in [0.3, 0.4) is 0 Å². The Morgan fingerprint density at radius 3 is 2.95 bits per heavy atom. The number of hydrogen-bond acceptors (Lipinski definition) is 6. The minimum Gasteiger partial charge on any atom is -0.391 e. The first kappa shape index (κ1) is 12.8. The molecule has 0 spiro atoms. The number of aromatic nitrogens is 3. The molecule has 0 aliphatic heterocycles. The summed E-state index contributed by atoms with van der Waals surface area (Å²) in [5.74, 6) is 1.01. The molecule has 2 N–H and O–H groups in total. The second-order valence-corrected chi connectivity index (χ2v) is 5.53. The second kappa shape index (κ2) is 5.05. The molecule has 102 valence electrons. The highest BCUT2D eigenvalue weighted by atomic mass is 32.1. The highest BCUT2D eigenvalue weighted by Gasteiger charge is 2.17. The standard InChI is InChI=1S/C14H14N4OS/c1-3-9-5-4-6-16-11(9)13-17-14(19-18-13)12-8(2)7-10(15)20-12/h4-7H,3,15H2,1-2H3. The Labute approximate surface area is 120 Å². The lowest BCUT2D eigenvalue weighted by atomic mass is 10.1. The Hall–Kier alpha value is -2.21. The molecule has 0 amide bonds. The number of thiophene rings is 1. The molecule has 0 aromatic carbocycles. The number of pyridine rings is 1. The van der Waals surface area contributed by atoms with Gasteiger partial charge in [-0.25, -0.2) is 0 Å². The third kappa shape index (κ3) is 2.18. The van der Waals surface area contributed by atoms with E-state index in [4.69, 9.17) is 10.3 Å². The number of nitrogens with zero attached hydrogens (tertiary/aromatic N) is 3. The molecular weight excluding hydrogens is 272 g/mol. The van der Waals surface area contributed by atoms with Gasteiger partial charge in [0.15, 0.2) is 0 Å². The summed E-state index contributed by atoms with van der Waals surface area (Å²) in [7, 11) is 0. The minimum atomic E-state index is 0.493. The fraction of sp³-hybridized carbons (Fsp3) is 0.214. The first-order valence-corrected chi connectivity index (χ1v) is 7.15. The highest BCUT2D eigenvalue weighted by Crippen LogP contribution is 2.33. The Morgan fingerprint density at radius 1 is 1.40 bits per heavy atom. The molecule has 20 heavy (non-hydrogen) atoms. The van der Waals surface area contributed by atoms with Crippen molar-refractivity contribution < 1.29 is 4.52 Å². The van der Waals surface area contributed by atoms with E-state index in [1.54, 1.807) is 6.20 Å². The molecule has 0 atom stereocenters. The summed E-state index contributed by atoms with van der Waals surface area (Å²) >= 11 is 1.45. The first-order valence-electron chi connectivity index (χ1n) is 6.33. The van der Waals surface area contributed by atoms with Crippen molar-refractivity contribution in [3.05, 3.63) is 35.5 Å². The van der Waals surface area contributed by atoms with Crippen LogP contribution in [-0.4, -0.2) is 15.1 Å². The van der Waals surface area contributed by atoms with Crippen LogP contribution in [0.15, 0.2) is 28.9 Å². The van der Waals surface area contributed by atoms with E-state index in [1.807, 2.05) is 25.1 Å². The van der Waals surface area contributed by atoms with E-state index >= 15 is 0 Å². The molecule has 0 aliphatic carbocycles. The van der Waals surface area contributed by atoms with Crippen molar-refractivity contribution in [2.45, 2.75) is 20.3 Å². The maximum atomic E-state index is 5.80. The van der Waals surface area contributed by atoms with Crippen molar-refractivity contribution in [2.75, 3.05) is 5.73 Å².